The van der Waals surface area contributed by atoms with E-state index >= 15 is 0 Å². The lowest BCUT2D eigenvalue weighted by Gasteiger charge is -2.37. The first-order valence-corrected chi connectivity index (χ1v) is 10.1. The summed E-state index contributed by atoms with van der Waals surface area (Å²) in [7, 11) is 0. The summed E-state index contributed by atoms with van der Waals surface area (Å²) in [6.07, 6.45) is 3.13. The van der Waals surface area contributed by atoms with Crippen molar-refractivity contribution in [2.75, 3.05) is 44.2 Å². The van der Waals surface area contributed by atoms with Gasteiger partial charge in [-0.1, -0.05) is 36.4 Å². The van der Waals surface area contributed by atoms with E-state index in [9.17, 15) is 0 Å². The Balaban J connectivity index is 0.00000225. The molecule has 1 aliphatic carbocycles. The van der Waals surface area contributed by atoms with Gasteiger partial charge >= 0.3 is 0 Å². The van der Waals surface area contributed by atoms with Gasteiger partial charge in [-0.2, -0.15) is 0 Å². The molecule has 0 amide bonds. The van der Waals surface area contributed by atoms with Crippen molar-refractivity contribution in [1.29, 1.82) is 0 Å². The second kappa shape index (κ2) is 10.1. The molecule has 28 heavy (non-hydrogen) atoms. The van der Waals surface area contributed by atoms with Crippen LogP contribution in [0.3, 0.4) is 0 Å². The Morgan fingerprint density at radius 3 is 2.50 bits per heavy atom. The Morgan fingerprint density at radius 1 is 1.07 bits per heavy atom. The van der Waals surface area contributed by atoms with Gasteiger partial charge in [0.2, 0.25) is 0 Å². The molecule has 1 saturated heterocycles. The van der Waals surface area contributed by atoms with E-state index in [2.05, 4.69) is 69.5 Å². The molecule has 0 spiro atoms. The van der Waals surface area contributed by atoms with Crippen LogP contribution < -0.4 is 10.2 Å². The number of aromatic nitrogens is 1. The standard InChI is InChI=1S/C22H29N5.HI/c1-2-23-22(25-17-19-16-20(19)18-8-4-3-5-9-18)27-14-12-26(13-15-27)21-10-6-7-11-24-21;/h3-11,19-20H,2,12-17H2,1H3,(H,23,25);1H. The number of nitrogens with one attached hydrogen (secondary N) is 1. The van der Waals surface area contributed by atoms with Crippen molar-refractivity contribution in [3.8, 4) is 0 Å². The van der Waals surface area contributed by atoms with Gasteiger partial charge in [-0.05, 0) is 42.9 Å². The van der Waals surface area contributed by atoms with E-state index in [0.717, 1.165) is 51.0 Å². The molecule has 150 valence electrons. The van der Waals surface area contributed by atoms with E-state index in [1.165, 1.54) is 12.0 Å². The van der Waals surface area contributed by atoms with Crippen LogP contribution in [0.25, 0.3) is 0 Å². The number of nitrogens with zero attached hydrogens (tertiary/aromatic N) is 4. The zero-order valence-corrected chi connectivity index (χ0v) is 18.8. The van der Waals surface area contributed by atoms with Crippen LogP contribution in [0.2, 0.25) is 0 Å². The van der Waals surface area contributed by atoms with Gasteiger partial charge in [-0.3, -0.25) is 4.99 Å². The Hall–Kier alpha value is -1.83. The molecule has 0 bridgehead atoms. The van der Waals surface area contributed by atoms with Crippen LogP contribution in [0.15, 0.2) is 59.7 Å². The lowest BCUT2D eigenvalue weighted by Crippen LogP contribution is -2.52. The maximum absolute atomic E-state index is 4.97. The molecule has 1 aliphatic heterocycles. The molecule has 2 unspecified atom stereocenters. The van der Waals surface area contributed by atoms with Gasteiger partial charge < -0.3 is 15.1 Å². The number of guanidine groups is 1. The number of hydrogen-bond donors (Lipinski definition) is 1. The summed E-state index contributed by atoms with van der Waals surface area (Å²) < 4.78 is 0. The van der Waals surface area contributed by atoms with Crippen molar-refractivity contribution in [2.24, 2.45) is 10.9 Å². The largest absolute Gasteiger partial charge is 0.357 e. The van der Waals surface area contributed by atoms with Gasteiger partial charge in [-0.25, -0.2) is 4.98 Å². The number of halogens is 1. The summed E-state index contributed by atoms with van der Waals surface area (Å²) in [5, 5.41) is 3.49. The molecule has 4 rings (SSSR count). The first-order valence-electron chi connectivity index (χ1n) is 10.1. The highest BCUT2D eigenvalue weighted by molar-refractivity contribution is 14.0. The number of benzene rings is 1. The third-order valence-electron chi connectivity index (χ3n) is 5.51. The molecule has 0 radical (unpaired) electrons. The second-order valence-electron chi connectivity index (χ2n) is 7.37. The number of aliphatic imine (C=N–C) groups is 1. The van der Waals surface area contributed by atoms with Crippen LogP contribution in [0.4, 0.5) is 5.82 Å². The van der Waals surface area contributed by atoms with E-state index in [1.807, 2.05) is 12.3 Å². The highest BCUT2D eigenvalue weighted by Crippen LogP contribution is 2.47. The zero-order chi connectivity index (χ0) is 18.5. The van der Waals surface area contributed by atoms with Gasteiger partial charge in [0.25, 0.3) is 0 Å². The normalized spacial score (nSPS) is 21.8. The van der Waals surface area contributed by atoms with Gasteiger partial charge in [-0.15, -0.1) is 24.0 Å². The highest BCUT2D eigenvalue weighted by Gasteiger charge is 2.38. The minimum absolute atomic E-state index is 0. The van der Waals surface area contributed by atoms with Gasteiger partial charge in [0.05, 0.1) is 0 Å². The van der Waals surface area contributed by atoms with E-state index in [-0.39, 0.29) is 24.0 Å². The number of rotatable bonds is 5. The summed E-state index contributed by atoms with van der Waals surface area (Å²) in [5.41, 5.74) is 1.46. The van der Waals surface area contributed by atoms with E-state index < -0.39 is 0 Å². The van der Waals surface area contributed by atoms with Crippen LogP contribution in [-0.2, 0) is 0 Å². The summed E-state index contributed by atoms with van der Waals surface area (Å²) in [6.45, 7) is 7.90. The molecular formula is C22H30IN5. The van der Waals surface area contributed by atoms with Crippen LogP contribution in [0.1, 0.15) is 24.8 Å². The number of piperazine rings is 1. The topological polar surface area (TPSA) is 43.8 Å². The van der Waals surface area contributed by atoms with Crippen molar-refractivity contribution in [1.82, 2.24) is 15.2 Å². The molecule has 5 nitrogen and oxygen atoms in total. The van der Waals surface area contributed by atoms with Crippen molar-refractivity contribution in [3.63, 3.8) is 0 Å². The van der Waals surface area contributed by atoms with Crippen LogP contribution in [0, 0.1) is 5.92 Å². The molecule has 6 heteroatoms. The fraction of sp³-hybridized carbons (Fsp3) is 0.455. The summed E-state index contributed by atoms with van der Waals surface area (Å²) >= 11 is 0. The average molecular weight is 491 g/mol. The van der Waals surface area contributed by atoms with Crippen LogP contribution in [-0.4, -0.2) is 55.1 Å². The first-order chi connectivity index (χ1) is 13.3. The number of anilines is 1. The van der Waals surface area contributed by atoms with E-state index in [1.54, 1.807) is 0 Å². The Kier molecular flexibility index (Phi) is 7.53. The minimum atomic E-state index is 0. The predicted molar refractivity (Wildman–Crippen MR) is 127 cm³/mol. The summed E-state index contributed by atoms with van der Waals surface area (Å²) in [5.74, 6) is 3.52. The minimum Gasteiger partial charge on any atom is -0.357 e. The number of hydrogen-bond acceptors (Lipinski definition) is 3. The summed E-state index contributed by atoms with van der Waals surface area (Å²) in [4.78, 5) is 14.2. The Labute approximate surface area is 185 Å². The van der Waals surface area contributed by atoms with Crippen molar-refractivity contribution in [3.05, 3.63) is 60.3 Å². The molecule has 2 aromatic rings. The average Bonchev–Trinajstić information content (AvgIpc) is 3.52. The Morgan fingerprint density at radius 2 is 1.82 bits per heavy atom. The molecule has 2 fully saturated rings. The molecule has 1 saturated carbocycles. The maximum atomic E-state index is 4.97. The van der Waals surface area contributed by atoms with Gasteiger partial charge in [0.15, 0.2) is 5.96 Å². The quantitative estimate of drug-likeness (QED) is 0.395. The van der Waals surface area contributed by atoms with Gasteiger partial charge in [0.1, 0.15) is 5.82 Å². The summed E-state index contributed by atoms with van der Waals surface area (Å²) in [6, 6.07) is 17.0. The third kappa shape index (κ3) is 5.16. The highest BCUT2D eigenvalue weighted by atomic mass is 127. The molecule has 1 aromatic heterocycles. The van der Waals surface area contributed by atoms with Crippen molar-refractivity contribution >= 4 is 35.8 Å². The zero-order valence-electron chi connectivity index (χ0n) is 16.5. The van der Waals surface area contributed by atoms with E-state index in [4.69, 9.17) is 4.99 Å². The molecule has 2 atom stereocenters. The van der Waals surface area contributed by atoms with Crippen molar-refractivity contribution in [2.45, 2.75) is 19.3 Å². The fourth-order valence-corrected chi connectivity index (χ4v) is 3.88. The maximum Gasteiger partial charge on any atom is 0.194 e. The molecular weight excluding hydrogens is 461 g/mol. The second-order valence-corrected chi connectivity index (χ2v) is 7.37. The third-order valence-corrected chi connectivity index (χ3v) is 5.51. The monoisotopic (exact) mass is 491 g/mol. The van der Waals surface area contributed by atoms with E-state index in [0.29, 0.717) is 11.8 Å². The Bertz CT molecular complexity index is 744. The lowest BCUT2D eigenvalue weighted by atomic mass is 10.1. The van der Waals surface area contributed by atoms with Crippen LogP contribution >= 0.6 is 24.0 Å². The smallest absolute Gasteiger partial charge is 0.194 e. The van der Waals surface area contributed by atoms with Crippen molar-refractivity contribution < 1.29 is 0 Å². The SMILES string of the molecule is CCNC(=NCC1CC1c1ccccc1)N1CCN(c2ccccn2)CC1.I. The van der Waals surface area contributed by atoms with Crippen LogP contribution in [0.5, 0.6) is 0 Å². The molecule has 2 heterocycles. The first kappa shape index (κ1) is 20.9. The fourth-order valence-electron chi connectivity index (χ4n) is 3.88. The molecule has 2 aliphatic rings. The number of pyridine rings is 1. The van der Waals surface area contributed by atoms with Gasteiger partial charge in [0, 0.05) is 45.5 Å². The molecule has 1 aromatic carbocycles. The lowest BCUT2D eigenvalue weighted by molar-refractivity contribution is 0.371. The predicted octanol–water partition coefficient (Wildman–Crippen LogP) is 3.59. The molecule has 1 N–H and O–H groups in total.